The minimum Gasteiger partial charge on any atom is -0.504 e. The van der Waals surface area contributed by atoms with Crippen molar-refractivity contribution in [1.29, 1.82) is 0 Å². The van der Waals surface area contributed by atoms with E-state index in [0.717, 1.165) is 16.3 Å². The molecule has 0 atom stereocenters. The lowest BCUT2D eigenvalue weighted by Crippen LogP contribution is -2.36. The molecule has 2 aromatic heterocycles. The molecule has 3 N–H and O–H groups in total. The first-order valence-electron chi connectivity index (χ1n) is 7.98. The highest BCUT2D eigenvalue weighted by Crippen LogP contribution is 2.43. The molecule has 7 nitrogen and oxygen atoms in total. The summed E-state index contributed by atoms with van der Waals surface area (Å²) in [5.74, 6) is 0.738. The molecule has 0 bridgehead atoms. The van der Waals surface area contributed by atoms with Gasteiger partial charge in [-0.15, -0.1) is 11.3 Å². The van der Waals surface area contributed by atoms with Gasteiger partial charge in [0.05, 0.1) is 18.5 Å². The second-order valence-corrected chi connectivity index (χ2v) is 8.15. The summed E-state index contributed by atoms with van der Waals surface area (Å²) in [6, 6.07) is 1.85. The molecule has 138 valence electrons. The molecule has 0 radical (unpaired) electrons. The van der Waals surface area contributed by atoms with E-state index >= 15 is 0 Å². The lowest BCUT2D eigenvalue weighted by Gasteiger charge is -2.14. The highest BCUT2D eigenvalue weighted by Gasteiger charge is 2.23. The van der Waals surface area contributed by atoms with Crippen LogP contribution in [0, 0.1) is 6.92 Å². The maximum atomic E-state index is 11.9. The summed E-state index contributed by atoms with van der Waals surface area (Å²) >= 11 is 2.79. The zero-order valence-electron chi connectivity index (χ0n) is 14.6. The van der Waals surface area contributed by atoms with Crippen LogP contribution in [0.5, 0.6) is 5.75 Å². The number of furan rings is 1. The SMILES string of the molecule is CCN(C)Sc1scc(Nc2c(NCc3cc(C)co3)c(=O)c2=O)c1O. The van der Waals surface area contributed by atoms with Gasteiger partial charge in [-0.2, -0.15) is 0 Å². The van der Waals surface area contributed by atoms with Crippen molar-refractivity contribution in [2.75, 3.05) is 24.2 Å². The molecule has 3 rings (SSSR count). The van der Waals surface area contributed by atoms with Crippen LogP contribution in [0.3, 0.4) is 0 Å². The van der Waals surface area contributed by atoms with E-state index in [4.69, 9.17) is 4.42 Å². The maximum absolute atomic E-state index is 11.9. The fraction of sp³-hybridized carbons (Fsp3) is 0.294. The van der Waals surface area contributed by atoms with Gasteiger partial charge in [0.1, 0.15) is 21.3 Å². The molecule has 3 aromatic rings. The maximum Gasteiger partial charge on any atom is 0.253 e. The molecule has 0 fully saturated rings. The third-order valence-corrected chi connectivity index (χ3v) is 6.01. The molecule has 0 aliphatic carbocycles. The van der Waals surface area contributed by atoms with Crippen molar-refractivity contribution in [2.24, 2.45) is 0 Å². The van der Waals surface area contributed by atoms with Crippen molar-refractivity contribution in [3.8, 4) is 5.75 Å². The standard InChI is InChI=1S/C17H19N3O4S2/c1-4-20(3)26-17-14(21)11(8-25-17)19-13-12(15(22)16(13)23)18-6-10-5-9(2)7-24-10/h5,7-8,18-19,21H,4,6H2,1-3H3. The Hall–Kier alpha value is -2.23. The Kier molecular flexibility index (Phi) is 5.40. The van der Waals surface area contributed by atoms with E-state index < -0.39 is 10.9 Å². The number of hydrogen-bond acceptors (Lipinski definition) is 9. The van der Waals surface area contributed by atoms with E-state index in [1.165, 1.54) is 23.3 Å². The van der Waals surface area contributed by atoms with Crippen LogP contribution in [-0.2, 0) is 6.54 Å². The van der Waals surface area contributed by atoms with E-state index in [1.807, 2.05) is 31.3 Å². The predicted octanol–water partition coefficient (Wildman–Crippen LogP) is 3.27. The van der Waals surface area contributed by atoms with Gasteiger partial charge in [-0.25, -0.2) is 4.31 Å². The number of thiophene rings is 1. The Bertz CT molecular complexity index is 985. The summed E-state index contributed by atoms with van der Waals surface area (Å²) in [7, 11) is 1.92. The number of nitrogens with zero attached hydrogens (tertiary/aromatic N) is 1. The molecular formula is C17H19N3O4S2. The third kappa shape index (κ3) is 3.64. The van der Waals surface area contributed by atoms with E-state index in [-0.39, 0.29) is 17.1 Å². The first-order valence-corrected chi connectivity index (χ1v) is 9.63. The largest absolute Gasteiger partial charge is 0.504 e. The van der Waals surface area contributed by atoms with E-state index in [2.05, 4.69) is 10.6 Å². The highest BCUT2D eigenvalue weighted by atomic mass is 32.2. The molecule has 0 saturated heterocycles. The molecule has 0 amide bonds. The van der Waals surface area contributed by atoms with Crippen LogP contribution in [0.1, 0.15) is 18.2 Å². The van der Waals surface area contributed by atoms with Gasteiger partial charge in [0.2, 0.25) is 0 Å². The fourth-order valence-electron chi connectivity index (χ4n) is 2.27. The van der Waals surface area contributed by atoms with E-state index in [1.54, 1.807) is 11.6 Å². The quantitative estimate of drug-likeness (QED) is 0.396. The van der Waals surface area contributed by atoms with Crippen LogP contribution >= 0.6 is 23.3 Å². The number of aromatic hydroxyl groups is 1. The van der Waals surface area contributed by atoms with Crippen LogP contribution < -0.4 is 21.5 Å². The average Bonchev–Trinajstić information content (AvgIpc) is 3.20. The first kappa shape index (κ1) is 18.6. The van der Waals surface area contributed by atoms with Crippen LogP contribution in [0.15, 0.2) is 35.9 Å². The number of aryl methyl sites for hydroxylation is 1. The molecule has 0 aliphatic heterocycles. The Balaban J connectivity index is 1.74. The van der Waals surface area contributed by atoms with Gasteiger partial charge in [0.15, 0.2) is 5.75 Å². The second kappa shape index (κ2) is 7.56. The summed E-state index contributed by atoms with van der Waals surface area (Å²) in [5, 5.41) is 17.9. The summed E-state index contributed by atoms with van der Waals surface area (Å²) in [6.45, 7) is 5.04. The van der Waals surface area contributed by atoms with Crippen LogP contribution in [0.4, 0.5) is 17.1 Å². The molecule has 26 heavy (non-hydrogen) atoms. The third-order valence-electron chi connectivity index (χ3n) is 3.81. The smallest absolute Gasteiger partial charge is 0.253 e. The summed E-state index contributed by atoms with van der Waals surface area (Å²) in [4.78, 5) is 23.8. The van der Waals surface area contributed by atoms with Gasteiger partial charge in [-0.05, 0) is 37.5 Å². The van der Waals surface area contributed by atoms with Gasteiger partial charge < -0.3 is 20.2 Å². The van der Waals surface area contributed by atoms with Crippen LogP contribution in [-0.4, -0.2) is 23.0 Å². The number of hydrogen-bond donors (Lipinski definition) is 3. The van der Waals surface area contributed by atoms with Crippen molar-refractivity contribution in [1.82, 2.24) is 4.31 Å². The molecule has 1 aromatic carbocycles. The highest BCUT2D eigenvalue weighted by molar-refractivity contribution is 7.99. The van der Waals surface area contributed by atoms with Crippen molar-refractivity contribution >= 4 is 40.3 Å². The van der Waals surface area contributed by atoms with Crippen molar-refractivity contribution in [2.45, 2.75) is 24.6 Å². The molecular weight excluding hydrogens is 374 g/mol. The van der Waals surface area contributed by atoms with Gasteiger partial charge in [-0.3, -0.25) is 9.59 Å². The topological polar surface area (TPSA) is 94.8 Å². The Morgan fingerprint density at radius 3 is 2.69 bits per heavy atom. The minimum absolute atomic E-state index is 0.0703. The predicted molar refractivity (Wildman–Crippen MR) is 106 cm³/mol. The monoisotopic (exact) mass is 393 g/mol. The number of rotatable bonds is 8. The lowest BCUT2D eigenvalue weighted by atomic mass is 10.2. The minimum atomic E-state index is -0.603. The van der Waals surface area contributed by atoms with Gasteiger partial charge in [0.25, 0.3) is 10.9 Å². The lowest BCUT2D eigenvalue weighted by molar-refractivity contribution is 0.468. The van der Waals surface area contributed by atoms with Gasteiger partial charge in [-0.1, -0.05) is 6.92 Å². The van der Waals surface area contributed by atoms with Crippen molar-refractivity contribution < 1.29 is 9.52 Å². The number of anilines is 3. The number of nitrogens with one attached hydrogen (secondary N) is 2. The van der Waals surface area contributed by atoms with E-state index in [0.29, 0.717) is 18.0 Å². The summed E-state index contributed by atoms with van der Waals surface area (Å²) in [6.07, 6.45) is 1.62. The Morgan fingerprint density at radius 2 is 2.04 bits per heavy atom. The molecule has 0 unspecified atom stereocenters. The second-order valence-electron chi connectivity index (χ2n) is 5.80. The molecule has 2 heterocycles. The van der Waals surface area contributed by atoms with Crippen LogP contribution in [0.2, 0.25) is 0 Å². The normalized spacial score (nSPS) is 11.4. The summed E-state index contributed by atoms with van der Waals surface area (Å²) in [5.41, 5.74) is 0.571. The Labute approximate surface area is 158 Å². The zero-order chi connectivity index (χ0) is 18.8. The fourth-order valence-corrected chi connectivity index (χ4v) is 4.19. The molecule has 9 heteroatoms. The zero-order valence-corrected chi connectivity index (χ0v) is 16.2. The van der Waals surface area contributed by atoms with Gasteiger partial charge >= 0.3 is 0 Å². The van der Waals surface area contributed by atoms with Crippen molar-refractivity contribution in [3.63, 3.8) is 0 Å². The summed E-state index contributed by atoms with van der Waals surface area (Å²) < 4.78 is 8.02. The Morgan fingerprint density at radius 1 is 1.31 bits per heavy atom. The molecule has 0 aliphatic rings. The first-order chi connectivity index (χ1) is 12.4. The van der Waals surface area contributed by atoms with Crippen LogP contribution in [0.25, 0.3) is 0 Å². The van der Waals surface area contributed by atoms with Gasteiger partial charge in [0, 0.05) is 11.9 Å². The average molecular weight is 393 g/mol. The van der Waals surface area contributed by atoms with Crippen molar-refractivity contribution in [3.05, 3.63) is 49.5 Å². The molecule has 0 spiro atoms. The van der Waals surface area contributed by atoms with E-state index in [9.17, 15) is 14.7 Å². The molecule has 0 saturated carbocycles.